The predicted molar refractivity (Wildman–Crippen MR) is 186 cm³/mol. The lowest BCUT2D eigenvalue weighted by Crippen LogP contribution is -2.42. The number of anilines is 1. The van der Waals surface area contributed by atoms with Crippen molar-refractivity contribution < 1.29 is 36.9 Å². The first kappa shape index (κ1) is 34.5. The molecule has 0 spiro atoms. The summed E-state index contributed by atoms with van der Waals surface area (Å²) >= 11 is 0. The van der Waals surface area contributed by atoms with Crippen LogP contribution in [0.4, 0.5) is 14.9 Å². The molecule has 48 heavy (non-hydrogen) atoms. The molecule has 0 atom stereocenters. The molecule has 0 radical (unpaired) electrons. The molecule has 0 aliphatic heterocycles. The van der Waals surface area contributed by atoms with Gasteiger partial charge in [-0.25, -0.2) is 13.9 Å². The number of hydrogen-bond acceptors (Lipinski definition) is 8. The van der Waals surface area contributed by atoms with Gasteiger partial charge in [0.1, 0.15) is 23.7 Å². The number of halogens is 1. The van der Waals surface area contributed by atoms with E-state index >= 15 is 0 Å². The third-order valence-electron chi connectivity index (χ3n) is 7.88. The summed E-state index contributed by atoms with van der Waals surface area (Å²) in [6.07, 6.45) is 2.50. The van der Waals surface area contributed by atoms with Crippen molar-refractivity contribution in [2.45, 2.75) is 38.7 Å². The summed E-state index contributed by atoms with van der Waals surface area (Å²) in [7, 11) is -1.54. The van der Waals surface area contributed by atoms with Gasteiger partial charge in [0.2, 0.25) is 5.88 Å². The van der Waals surface area contributed by atoms with E-state index < -0.39 is 24.4 Å². The van der Waals surface area contributed by atoms with Crippen LogP contribution in [0.3, 0.4) is 0 Å². The highest BCUT2D eigenvalue weighted by molar-refractivity contribution is 7.91. The van der Waals surface area contributed by atoms with E-state index in [-0.39, 0.29) is 47.3 Å². The van der Waals surface area contributed by atoms with Gasteiger partial charge in [0, 0.05) is 45.3 Å². The number of carbonyl (C=O) groups is 1. The highest BCUT2D eigenvalue weighted by Crippen LogP contribution is 2.47. The molecule has 0 aliphatic carbocycles. The zero-order valence-corrected chi connectivity index (χ0v) is 29.5. The maximum absolute atomic E-state index is 13.7. The zero-order chi connectivity index (χ0) is 34.8. The van der Waals surface area contributed by atoms with Gasteiger partial charge < -0.3 is 23.9 Å². The van der Waals surface area contributed by atoms with E-state index in [1.807, 2.05) is 16.9 Å². The third kappa shape index (κ3) is 7.66. The van der Waals surface area contributed by atoms with Crippen LogP contribution >= 0.6 is 0 Å². The summed E-state index contributed by atoms with van der Waals surface area (Å²) in [5, 5.41) is 12.2. The van der Waals surface area contributed by atoms with Crippen molar-refractivity contribution in [3.05, 3.63) is 89.5 Å². The second kappa shape index (κ2) is 13.7. The molecule has 5 aromatic rings. The zero-order valence-electron chi connectivity index (χ0n) is 27.7. The number of methoxy groups -OCH3 is 1. The number of aryl methyl sites for hydroxylation is 1. The van der Waals surface area contributed by atoms with Crippen LogP contribution in [-0.4, -0.2) is 58.0 Å². The summed E-state index contributed by atoms with van der Waals surface area (Å²) < 4.78 is 62.2. The lowest BCUT2D eigenvalue weighted by molar-refractivity contribution is 0.158. The van der Waals surface area contributed by atoms with Gasteiger partial charge in [0.05, 0.1) is 24.8 Å². The van der Waals surface area contributed by atoms with Crippen LogP contribution in [0.2, 0.25) is 25.7 Å². The van der Waals surface area contributed by atoms with E-state index in [0.717, 1.165) is 15.4 Å². The maximum atomic E-state index is 13.7. The van der Waals surface area contributed by atoms with Crippen LogP contribution in [0.25, 0.3) is 21.7 Å². The summed E-state index contributed by atoms with van der Waals surface area (Å²) in [5.41, 5.74) is 2.79. The van der Waals surface area contributed by atoms with Gasteiger partial charge in [-0.1, -0.05) is 43.9 Å². The summed E-state index contributed by atoms with van der Waals surface area (Å²) in [5.74, 6) is 0.404. The largest absolute Gasteiger partial charge is 0.497 e. The van der Waals surface area contributed by atoms with E-state index in [9.17, 15) is 22.7 Å². The van der Waals surface area contributed by atoms with Crippen LogP contribution in [-0.2, 0) is 35.0 Å². The predicted octanol–water partition coefficient (Wildman–Crippen LogP) is 6.50. The molecule has 0 saturated heterocycles. The molecule has 3 aromatic carbocycles. The highest BCUT2D eigenvalue weighted by atomic mass is 32.2. The number of fused-ring (bicyclic) bond motifs is 2. The smallest absolute Gasteiger partial charge is 0.422 e. The Morgan fingerprint density at radius 2 is 1.71 bits per heavy atom. The first-order valence-corrected chi connectivity index (χ1v) is 20.4. The van der Waals surface area contributed by atoms with Crippen LogP contribution < -0.4 is 18.5 Å². The molecule has 14 heteroatoms. The Morgan fingerprint density at radius 1 is 1.04 bits per heavy atom. The average Bonchev–Trinajstić information content (AvgIpc) is 3.32. The first-order valence-electron chi connectivity index (χ1n) is 15.2. The maximum Gasteiger partial charge on any atom is 0.422 e. The monoisotopic (exact) mass is 694 g/mol. The first-order chi connectivity index (χ1) is 22.7. The molecule has 1 amide bonds. The van der Waals surface area contributed by atoms with Gasteiger partial charge in [-0.2, -0.15) is 8.42 Å². The SMILES string of the molecule is COc1ccc(COc2c3ncc(Cc4ccc(F)cc4)cc3c(N(C)S(=O)(=O)NC(=O)OCC[Si](C)(C)C)c3cn(C)c(O)c23)cc1. The van der Waals surface area contributed by atoms with Crippen LogP contribution in [0.15, 0.2) is 67.0 Å². The second-order valence-electron chi connectivity index (χ2n) is 12.7. The Morgan fingerprint density at radius 3 is 2.35 bits per heavy atom. The highest BCUT2D eigenvalue weighted by Gasteiger charge is 2.30. The number of aromatic hydroxyl groups is 1. The second-order valence-corrected chi connectivity index (χ2v) is 20.1. The van der Waals surface area contributed by atoms with E-state index in [2.05, 4.69) is 19.6 Å². The molecule has 2 heterocycles. The van der Waals surface area contributed by atoms with Crippen molar-refractivity contribution in [1.82, 2.24) is 14.3 Å². The van der Waals surface area contributed by atoms with Gasteiger partial charge in [-0.15, -0.1) is 0 Å². The van der Waals surface area contributed by atoms with Crippen LogP contribution in [0, 0.1) is 5.82 Å². The molecule has 11 nitrogen and oxygen atoms in total. The Bertz CT molecular complexity index is 2060. The molecule has 2 N–H and O–H groups in total. The fourth-order valence-corrected chi connectivity index (χ4v) is 6.78. The number of hydrogen-bond donors (Lipinski definition) is 2. The van der Waals surface area contributed by atoms with Crippen LogP contribution in [0.1, 0.15) is 16.7 Å². The molecule has 0 fully saturated rings. The molecule has 2 aromatic heterocycles. The summed E-state index contributed by atoms with van der Waals surface area (Å²) in [4.78, 5) is 17.3. The molecular formula is C34H39FN4O7SSi. The molecule has 0 saturated carbocycles. The summed E-state index contributed by atoms with van der Waals surface area (Å²) in [6, 6.07) is 15.8. The minimum Gasteiger partial charge on any atom is -0.497 e. The fraction of sp³-hybridized carbons (Fsp3) is 0.294. The normalized spacial score (nSPS) is 11.9. The molecule has 254 valence electrons. The molecule has 0 unspecified atom stereocenters. The van der Waals surface area contributed by atoms with Crippen molar-refractivity contribution in [3.8, 4) is 17.4 Å². The van der Waals surface area contributed by atoms with Crippen LogP contribution in [0.5, 0.6) is 17.4 Å². The molecule has 0 aliphatic rings. The number of nitrogens with one attached hydrogen (secondary N) is 1. The van der Waals surface area contributed by atoms with Crippen molar-refractivity contribution >= 4 is 51.7 Å². The molecule has 5 rings (SSSR count). The number of aromatic nitrogens is 2. The number of pyridine rings is 1. The van der Waals surface area contributed by atoms with Crippen molar-refractivity contribution in [1.29, 1.82) is 0 Å². The molecular weight excluding hydrogens is 656 g/mol. The minimum atomic E-state index is -4.51. The van der Waals surface area contributed by atoms with Gasteiger partial charge in [-0.3, -0.25) is 9.29 Å². The fourth-order valence-electron chi connectivity index (χ4n) is 5.22. The Kier molecular flexibility index (Phi) is 9.87. The van der Waals surface area contributed by atoms with Gasteiger partial charge >= 0.3 is 16.3 Å². The standard InChI is InChI=1S/C34H39FN4O7SSi/c1-38-20-28-29(33(38)40)32(46-21-23-9-13-26(44-3)14-10-23)30-27(18-24(19-36-30)17-22-7-11-25(35)12-8-22)31(28)39(2)47(42,43)37-34(41)45-15-16-48(4,5)6/h7-14,18-20,40H,15-17,21H2,1-6H3,(H,37,41). The average molecular weight is 695 g/mol. The molecule has 0 bridgehead atoms. The topological polar surface area (TPSA) is 132 Å². The van der Waals surface area contributed by atoms with Crippen molar-refractivity contribution in [2.75, 3.05) is 25.1 Å². The number of ether oxygens (including phenoxy) is 3. The number of nitrogens with zero attached hydrogens (tertiary/aromatic N) is 3. The number of benzene rings is 3. The lowest BCUT2D eigenvalue weighted by atomic mass is 10.0. The van der Waals surface area contributed by atoms with Gasteiger partial charge in [0.25, 0.3) is 0 Å². The number of rotatable bonds is 12. The van der Waals surface area contributed by atoms with E-state index in [4.69, 9.17) is 19.2 Å². The van der Waals surface area contributed by atoms with E-state index in [0.29, 0.717) is 34.6 Å². The minimum absolute atomic E-state index is 0.0947. The summed E-state index contributed by atoms with van der Waals surface area (Å²) in [6.45, 7) is 6.56. The van der Waals surface area contributed by atoms with Crippen molar-refractivity contribution in [3.63, 3.8) is 0 Å². The lowest BCUT2D eigenvalue weighted by Gasteiger charge is -2.24. The van der Waals surface area contributed by atoms with Crippen molar-refractivity contribution in [2.24, 2.45) is 7.05 Å². The number of carbonyl (C=O) groups excluding carboxylic acids is 1. The van der Waals surface area contributed by atoms with E-state index in [1.165, 1.54) is 23.7 Å². The quantitative estimate of drug-likeness (QED) is 0.142. The third-order valence-corrected chi connectivity index (χ3v) is 10.9. The van der Waals surface area contributed by atoms with Gasteiger partial charge in [-0.05, 0) is 59.5 Å². The Labute approximate surface area is 280 Å². The Balaban J connectivity index is 1.62. The van der Waals surface area contributed by atoms with E-state index in [1.54, 1.807) is 56.9 Å². The van der Waals surface area contributed by atoms with Gasteiger partial charge in [0.15, 0.2) is 5.75 Å². The Hall–Kier alpha value is -4.82. The number of amides is 1.